The first-order valence-electron chi connectivity index (χ1n) is 7.16. The van der Waals surface area contributed by atoms with Gasteiger partial charge in [-0.15, -0.1) is 11.3 Å². The Labute approximate surface area is 140 Å². The van der Waals surface area contributed by atoms with Crippen molar-refractivity contribution >= 4 is 23.2 Å². The second-order valence-electron chi connectivity index (χ2n) is 5.60. The van der Waals surface area contributed by atoms with Crippen molar-refractivity contribution in [1.82, 2.24) is 10.3 Å². The highest BCUT2D eigenvalue weighted by atomic mass is 32.1. The van der Waals surface area contributed by atoms with Gasteiger partial charge in [-0.3, -0.25) is 4.79 Å². The van der Waals surface area contributed by atoms with Gasteiger partial charge >= 0.3 is 12.1 Å². The van der Waals surface area contributed by atoms with Crippen LogP contribution >= 0.6 is 11.3 Å². The van der Waals surface area contributed by atoms with Crippen LogP contribution in [0.5, 0.6) is 0 Å². The lowest BCUT2D eigenvalue weighted by Gasteiger charge is -2.29. The predicted molar refractivity (Wildman–Crippen MR) is 80.4 cm³/mol. The van der Waals surface area contributed by atoms with E-state index in [4.69, 9.17) is 5.11 Å². The van der Waals surface area contributed by atoms with Crippen molar-refractivity contribution in [2.24, 2.45) is 5.92 Å². The number of carboxylic acids is 1. The maximum Gasteiger partial charge on any atom is 0.424 e. The average molecular weight is 368 g/mol. The van der Waals surface area contributed by atoms with E-state index < -0.39 is 47.0 Å². The molecule has 1 rings (SSSR count). The zero-order valence-corrected chi connectivity index (χ0v) is 14.2. The average Bonchev–Trinajstić information content (AvgIpc) is 2.89. The first kappa shape index (κ1) is 20.4. The van der Waals surface area contributed by atoms with Crippen molar-refractivity contribution in [3.63, 3.8) is 0 Å². The zero-order chi connectivity index (χ0) is 18.7. The third kappa shape index (κ3) is 4.44. The number of aryl methyl sites for hydroxylation is 1. The van der Waals surface area contributed by atoms with Crippen LogP contribution in [-0.4, -0.2) is 39.3 Å². The van der Waals surface area contributed by atoms with Crippen LogP contribution in [0.25, 0.3) is 0 Å². The minimum Gasteiger partial charge on any atom is -0.480 e. The molecule has 6 nitrogen and oxygen atoms in total. The molecule has 3 unspecified atom stereocenters. The van der Waals surface area contributed by atoms with Gasteiger partial charge in [-0.2, -0.15) is 13.2 Å². The summed E-state index contributed by atoms with van der Waals surface area (Å²) in [4.78, 5) is 26.7. The molecule has 0 aliphatic heterocycles. The molecule has 0 saturated carbocycles. The van der Waals surface area contributed by atoms with E-state index >= 15 is 0 Å². The molecule has 1 aromatic rings. The van der Waals surface area contributed by atoms with Crippen LogP contribution in [0.4, 0.5) is 13.2 Å². The molecule has 0 saturated heterocycles. The Balaban J connectivity index is 3.03. The Kier molecular flexibility index (Phi) is 6.34. The minimum atomic E-state index is -5.14. The highest BCUT2D eigenvalue weighted by molar-refractivity contribution is 7.09. The topological polar surface area (TPSA) is 99.5 Å². The molecule has 1 amide bonds. The van der Waals surface area contributed by atoms with E-state index in [1.807, 2.05) is 5.32 Å². The number of nitrogens with one attached hydrogen (secondary N) is 1. The van der Waals surface area contributed by atoms with Gasteiger partial charge in [0.1, 0.15) is 11.0 Å². The lowest BCUT2D eigenvalue weighted by Crippen LogP contribution is -2.50. The summed E-state index contributed by atoms with van der Waals surface area (Å²) in [5.41, 5.74) is -3.18. The largest absolute Gasteiger partial charge is 0.480 e. The molecule has 0 aromatic carbocycles. The SMILES string of the molecule is CCC(C)C(NC(=O)CC(O)(c1nc(C)cs1)C(F)(F)F)C(=O)O. The molecule has 3 atom stereocenters. The quantitative estimate of drug-likeness (QED) is 0.685. The van der Waals surface area contributed by atoms with Gasteiger partial charge in [0.05, 0.1) is 6.42 Å². The van der Waals surface area contributed by atoms with Crippen molar-refractivity contribution < 1.29 is 33.0 Å². The molecular weight excluding hydrogens is 349 g/mol. The summed E-state index contributed by atoms with van der Waals surface area (Å²) in [6.07, 6.45) is -6.08. The molecular formula is C14H19F3N2O4S. The van der Waals surface area contributed by atoms with Gasteiger partial charge in [-0.1, -0.05) is 20.3 Å². The number of carbonyl (C=O) groups excluding carboxylic acids is 1. The number of aromatic nitrogens is 1. The third-order valence-corrected chi connectivity index (χ3v) is 4.76. The van der Waals surface area contributed by atoms with Crippen molar-refractivity contribution in [2.45, 2.75) is 51.4 Å². The van der Waals surface area contributed by atoms with Crippen LogP contribution in [-0.2, 0) is 15.2 Å². The summed E-state index contributed by atoms with van der Waals surface area (Å²) in [6.45, 7) is 4.70. The van der Waals surface area contributed by atoms with Gasteiger partial charge in [-0.25, -0.2) is 9.78 Å². The number of halogens is 3. The summed E-state index contributed by atoms with van der Waals surface area (Å²) in [7, 11) is 0. The Morgan fingerprint density at radius 1 is 1.42 bits per heavy atom. The number of carbonyl (C=O) groups is 2. The van der Waals surface area contributed by atoms with E-state index in [1.165, 1.54) is 12.3 Å². The maximum atomic E-state index is 13.3. The Morgan fingerprint density at radius 3 is 2.38 bits per heavy atom. The number of aliphatic hydroxyl groups is 1. The predicted octanol–water partition coefficient (Wildman–Crippen LogP) is 2.21. The smallest absolute Gasteiger partial charge is 0.424 e. The van der Waals surface area contributed by atoms with Gasteiger partial charge in [0.15, 0.2) is 0 Å². The monoisotopic (exact) mass is 368 g/mol. The molecule has 0 bridgehead atoms. The fourth-order valence-electron chi connectivity index (χ4n) is 1.98. The first-order chi connectivity index (χ1) is 10.9. The number of hydrogen-bond donors (Lipinski definition) is 3. The Morgan fingerprint density at radius 2 is 2.00 bits per heavy atom. The molecule has 24 heavy (non-hydrogen) atoms. The maximum absolute atomic E-state index is 13.3. The van der Waals surface area contributed by atoms with Crippen LogP contribution in [0, 0.1) is 12.8 Å². The van der Waals surface area contributed by atoms with Gasteiger partial charge in [0.2, 0.25) is 11.5 Å². The van der Waals surface area contributed by atoms with E-state index in [2.05, 4.69) is 4.98 Å². The second kappa shape index (κ2) is 7.47. The number of nitrogens with zero attached hydrogens (tertiary/aromatic N) is 1. The molecule has 1 heterocycles. The Hall–Kier alpha value is -1.68. The zero-order valence-electron chi connectivity index (χ0n) is 13.3. The van der Waals surface area contributed by atoms with Crippen LogP contribution < -0.4 is 5.32 Å². The van der Waals surface area contributed by atoms with Gasteiger partial charge in [-0.05, 0) is 12.8 Å². The van der Waals surface area contributed by atoms with Crippen LogP contribution in [0.1, 0.15) is 37.4 Å². The highest BCUT2D eigenvalue weighted by Crippen LogP contribution is 2.42. The number of carboxylic acid groups (broad SMARTS) is 1. The molecule has 3 N–H and O–H groups in total. The van der Waals surface area contributed by atoms with E-state index in [1.54, 1.807) is 13.8 Å². The molecule has 0 fully saturated rings. The number of hydrogen-bond acceptors (Lipinski definition) is 5. The number of amides is 1. The van der Waals surface area contributed by atoms with Crippen molar-refractivity contribution in [3.05, 3.63) is 16.1 Å². The van der Waals surface area contributed by atoms with Gasteiger partial charge in [0.25, 0.3) is 0 Å². The third-order valence-electron chi connectivity index (χ3n) is 3.65. The summed E-state index contributed by atoms with van der Waals surface area (Å²) in [5, 5.41) is 21.9. The number of alkyl halides is 3. The van der Waals surface area contributed by atoms with E-state index in [9.17, 15) is 27.9 Å². The minimum absolute atomic E-state index is 0.279. The molecule has 0 radical (unpaired) electrons. The van der Waals surface area contributed by atoms with Crippen LogP contribution in [0.15, 0.2) is 5.38 Å². The first-order valence-corrected chi connectivity index (χ1v) is 8.04. The molecule has 136 valence electrons. The van der Waals surface area contributed by atoms with Crippen LogP contribution in [0.2, 0.25) is 0 Å². The summed E-state index contributed by atoms with van der Waals surface area (Å²) in [6, 6.07) is -1.34. The summed E-state index contributed by atoms with van der Waals surface area (Å²) in [5.74, 6) is -3.04. The second-order valence-corrected chi connectivity index (χ2v) is 6.46. The van der Waals surface area contributed by atoms with Crippen LogP contribution in [0.3, 0.4) is 0 Å². The fourth-order valence-corrected chi connectivity index (χ4v) is 2.90. The normalized spacial score (nSPS) is 17.0. The molecule has 10 heteroatoms. The number of aliphatic carboxylic acids is 1. The molecule has 1 aromatic heterocycles. The number of thiazole rings is 1. The summed E-state index contributed by atoms with van der Waals surface area (Å²) < 4.78 is 39.9. The van der Waals surface area contributed by atoms with Crippen molar-refractivity contribution in [3.8, 4) is 0 Å². The Bertz CT molecular complexity index is 605. The van der Waals surface area contributed by atoms with E-state index in [0.717, 1.165) is 0 Å². The lowest BCUT2D eigenvalue weighted by molar-refractivity contribution is -0.267. The highest BCUT2D eigenvalue weighted by Gasteiger charge is 2.58. The van der Waals surface area contributed by atoms with E-state index in [-0.39, 0.29) is 5.69 Å². The van der Waals surface area contributed by atoms with Crippen molar-refractivity contribution in [1.29, 1.82) is 0 Å². The summed E-state index contributed by atoms with van der Waals surface area (Å²) >= 11 is 0.584. The molecule has 0 spiro atoms. The van der Waals surface area contributed by atoms with Crippen molar-refractivity contribution in [2.75, 3.05) is 0 Å². The van der Waals surface area contributed by atoms with Gasteiger partial charge in [0, 0.05) is 11.1 Å². The standard InChI is InChI=1S/C14H19F3N2O4S/c1-4-7(2)10(11(21)22)19-9(20)5-13(23,14(15,16)17)12-18-8(3)6-24-12/h6-7,10,23H,4-5H2,1-3H3,(H,19,20)(H,21,22). The number of rotatable bonds is 7. The van der Waals surface area contributed by atoms with Gasteiger partial charge < -0.3 is 15.5 Å². The molecule has 0 aliphatic carbocycles. The fraction of sp³-hybridized carbons (Fsp3) is 0.643. The lowest BCUT2D eigenvalue weighted by atomic mass is 9.96. The van der Waals surface area contributed by atoms with E-state index in [0.29, 0.717) is 17.8 Å². The molecule has 0 aliphatic rings.